The molecule has 0 bridgehead atoms. The number of hydrogen-bond donors (Lipinski definition) is 1. The predicted octanol–water partition coefficient (Wildman–Crippen LogP) is 4.49. The Balaban J connectivity index is 1.92. The van der Waals surface area contributed by atoms with E-state index in [0.29, 0.717) is 12.2 Å². The Hall–Kier alpha value is -1.85. The smallest absolute Gasteiger partial charge is 0.251 e. The maximum atomic E-state index is 12.5. The highest BCUT2D eigenvalue weighted by Gasteiger charge is 2.12. The number of nitrogens with zero attached hydrogens (tertiary/aromatic N) is 1. The maximum absolute atomic E-state index is 12.5. The predicted molar refractivity (Wildman–Crippen MR) is 110 cm³/mol. The first-order chi connectivity index (χ1) is 12.5. The van der Waals surface area contributed by atoms with Gasteiger partial charge in [0.25, 0.3) is 5.91 Å². The van der Waals surface area contributed by atoms with Gasteiger partial charge in [-0.1, -0.05) is 41.9 Å². The highest BCUT2D eigenvalue weighted by molar-refractivity contribution is 9.10. The summed E-state index contributed by atoms with van der Waals surface area (Å²) in [6.45, 7) is 9.55. The molecule has 1 N–H and O–H groups in total. The number of nitrogens with one attached hydrogen (secondary N) is 1. The van der Waals surface area contributed by atoms with Crippen molar-refractivity contribution in [3.63, 3.8) is 0 Å². The van der Waals surface area contributed by atoms with Gasteiger partial charge < -0.3 is 15.0 Å². The Labute approximate surface area is 164 Å². The normalized spacial score (nSPS) is 12.0. The summed E-state index contributed by atoms with van der Waals surface area (Å²) in [4.78, 5) is 14.8. The summed E-state index contributed by atoms with van der Waals surface area (Å²) in [7, 11) is 0. The van der Waals surface area contributed by atoms with Gasteiger partial charge in [-0.3, -0.25) is 4.79 Å². The van der Waals surface area contributed by atoms with E-state index in [1.165, 1.54) is 0 Å². The van der Waals surface area contributed by atoms with Gasteiger partial charge in [0.15, 0.2) is 0 Å². The number of carbonyl (C=O) groups excluding carboxylic acids is 1. The van der Waals surface area contributed by atoms with Gasteiger partial charge in [-0.25, -0.2) is 0 Å². The van der Waals surface area contributed by atoms with E-state index < -0.39 is 0 Å². The molecule has 0 aromatic heterocycles. The summed E-state index contributed by atoms with van der Waals surface area (Å²) in [5, 5.41) is 3.08. The van der Waals surface area contributed by atoms with Crippen LogP contribution in [0.15, 0.2) is 53.0 Å². The molecule has 2 aromatic rings. The molecule has 140 valence electrons. The molecule has 1 amide bonds. The number of amides is 1. The number of hydrogen-bond acceptors (Lipinski definition) is 3. The SMILES string of the molecule is CCN(CC)CC(C)NC(=O)c1cccc(COc2ccc(Br)cc2)c1. The molecule has 2 aromatic carbocycles. The van der Waals surface area contributed by atoms with Crippen molar-refractivity contribution < 1.29 is 9.53 Å². The minimum atomic E-state index is -0.0462. The molecule has 0 fully saturated rings. The highest BCUT2D eigenvalue weighted by atomic mass is 79.9. The number of halogens is 1. The maximum Gasteiger partial charge on any atom is 0.251 e. The van der Waals surface area contributed by atoms with Crippen LogP contribution in [-0.2, 0) is 6.61 Å². The van der Waals surface area contributed by atoms with Gasteiger partial charge in [-0.15, -0.1) is 0 Å². The van der Waals surface area contributed by atoms with Crippen LogP contribution in [-0.4, -0.2) is 36.5 Å². The fourth-order valence-electron chi connectivity index (χ4n) is 2.72. The van der Waals surface area contributed by atoms with Crippen LogP contribution in [0.5, 0.6) is 5.75 Å². The summed E-state index contributed by atoms with van der Waals surface area (Å²) in [6.07, 6.45) is 0. The van der Waals surface area contributed by atoms with E-state index in [-0.39, 0.29) is 11.9 Å². The molecule has 1 atom stereocenters. The fourth-order valence-corrected chi connectivity index (χ4v) is 2.99. The molecule has 0 spiro atoms. The molecule has 5 heteroatoms. The molecule has 4 nitrogen and oxygen atoms in total. The van der Waals surface area contributed by atoms with E-state index in [2.05, 4.69) is 40.0 Å². The second-order valence-corrected chi connectivity index (χ2v) is 7.22. The van der Waals surface area contributed by atoms with Crippen LogP contribution in [0.2, 0.25) is 0 Å². The summed E-state index contributed by atoms with van der Waals surface area (Å²) >= 11 is 3.41. The van der Waals surface area contributed by atoms with Gasteiger partial charge in [0.2, 0.25) is 0 Å². The third-order valence-electron chi connectivity index (χ3n) is 4.21. The standard InChI is InChI=1S/C21H27BrN2O2/c1-4-24(5-2)14-16(3)23-21(25)18-8-6-7-17(13-18)15-26-20-11-9-19(22)10-12-20/h6-13,16H,4-5,14-15H2,1-3H3,(H,23,25). The first-order valence-electron chi connectivity index (χ1n) is 9.02. The van der Waals surface area contributed by atoms with Gasteiger partial charge in [-0.05, 0) is 62.0 Å². The molecule has 0 saturated carbocycles. The Morgan fingerprint density at radius 2 is 1.85 bits per heavy atom. The monoisotopic (exact) mass is 418 g/mol. The first-order valence-corrected chi connectivity index (χ1v) is 9.81. The molecule has 0 saturated heterocycles. The lowest BCUT2D eigenvalue weighted by Gasteiger charge is -2.23. The van der Waals surface area contributed by atoms with Crippen LogP contribution in [0.1, 0.15) is 36.7 Å². The van der Waals surface area contributed by atoms with Crippen LogP contribution in [0, 0.1) is 0 Å². The van der Waals surface area contributed by atoms with E-state index in [9.17, 15) is 4.79 Å². The molecule has 0 aliphatic carbocycles. The molecule has 0 aliphatic rings. The van der Waals surface area contributed by atoms with E-state index in [0.717, 1.165) is 35.4 Å². The summed E-state index contributed by atoms with van der Waals surface area (Å²) in [6, 6.07) is 15.4. The molecular formula is C21H27BrN2O2. The van der Waals surface area contributed by atoms with Crippen LogP contribution < -0.4 is 10.1 Å². The third kappa shape index (κ3) is 6.46. The van der Waals surface area contributed by atoms with Crippen LogP contribution >= 0.6 is 15.9 Å². The number of carbonyl (C=O) groups is 1. The van der Waals surface area contributed by atoms with E-state index in [1.54, 1.807) is 0 Å². The Morgan fingerprint density at radius 3 is 2.50 bits per heavy atom. The summed E-state index contributed by atoms with van der Waals surface area (Å²) in [5.41, 5.74) is 1.63. The first kappa shape index (κ1) is 20.5. The van der Waals surface area contributed by atoms with Crippen molar-refractivity contribution >= 4 is 21.8 Å². The van der Waals surface area contributed by atoms with Crippen LogP contribution in [0.3, 0.4) is 0 Å². The third-order valence-corrected chi connectivity index (χ3v) is 4.74. The van der Waals surface area contributed by atoms with Gasteiger partial charge in [0, 0.05) is 22.6 Å². The van der Waals surface area contributed by atoms with Gasteiger partial charge >= 0.3 is 0 Å². The van der Waals surface area contributed by atoms with Gasteiger partial charge in [0.05, 0.1) is 0 Å². The number of rotatable bonds is 9. The van der Waals surface area contributed by atoms with Gasteiger partial charge in [0.1, 0.15) is 12.4 Å². The van der Waals surface area contributed by atoms with Crippen molar-refractivity contribution in [2.75, 3.05) is 19.6 Å². The minimum Gasteiger partial charge on any atom is -0.489 e. The van der Waals surface area contributed by atoms with Gasteiger partial charge in [-0.2, -0.15) is 0 Å². The van der Waals surface area contributed by atoms with Crippen LogP contribution in [0.4, 0.5) is 0 Å². The highest BCUT2D eigenvalue weighted by Crippen LogP contribution is 2.17. The molecule has 0 aliphatic heterocycles. The zero-order valence-corrected chi connectivity index (χ0v) is 17.3. The molecule has 2 rings (SSSR count). The minimum absolute atomic E-state index is 0.0462. The number of benzene rings is 2. The topological polar surface area (TPSA) is 41.6 Å². The lowest BCUT2D eigenvalue weighted by molar-refractivity contribution is 0.0930. The summed E-state index contributed by atoms with van der Waals surface area (Å²) < 4.78 is 6.80. The van der Waals surface area contributed by atoms with Crippen molar-refractivity contribution in [2.45, 2.75) is 33.4 Å². The van der Waals surface area contributed by atoms with Crippen molar-refractivity contribution in [3.8, 4) is 5.75 Å². The second-order valence-electron chi connectivity index (χ2n) is 6.30. The van der Waals surface area contributed by atoms with Crippen LogP contribution in [0.25, 0.3) is 0 Å². The van der Waals surface area contributed by atoms with E-state index in [1.807, 2.05) is 55.5 Å². The summed E-state index contributed by atoms with van der Waals surface area (Å²) in [5.74, 6) is 0.756. The van der Waals surface area contributed by atoms with Crippen molar-refractivity contribution in [1.82, 2.24) is 10.2 Å². The number of ether oxygens (including phenoxy) is 1. The zero-order chi connectivity index (χ0) is 18.9. The van der Waals surface area contributed by atoms with E-state index in [4.69, 9.17) is 4.74 Å². The molecule has 26 heavy (non-hydrogen) atoms. The van der Waals surface area contributed by atoms with Crippen molar-refractivity contribution in [2.24, 2.45) is 0 Å². The van der Waals surface area contributed by atoms with E-state index >= 15 is 0 Å². The number of likely N-dealkylation sites (N-methyl/N-ethyl adjacent to an activating group) is 1. The van der Waals surface area contributed by atoms with Crippen molar-refractivity contribution in [1.29, 1.82) is 0 Å². The fraction of sp³-hybridized carbons (Fsp3) is 0.381. The quantitative estimate of drug-likeness (QED) is 0.651. The Kier molecular flexibility index (Phi) is 8.13. The molecule has 1 unspecified atom stereocenters. The Bertz CT molecular complexity index is 699. The zero-order valence-electron chi connectivity index (χ0n) is 15.7. The Morgan fingerprint density at radius 1 is 1.15 bits per heavy atom. The second kappa shape index (κ2) is 10.3. The average Bonchev–Trinajstić information content (AvgIpc) is 2.65. The molecule has 0 radical (unpaired) electrons. The lowest BCUT2D eigenvalue weighted by atomic mass is 10.1. The van der Waals surface area contributed by atoms with Crippen molar-refractivity contribution in [3.05, 3.63) is 64.1 Å². The molecule has 0 heterocycles. The lowest BCUT2D eigenvalue weighted by Crippen LogP contribution is -2.41. The molecular weight excluding hydrogens is 392 g/mol. The average molecular weight is 419 g/mol. The largest absolute Gasteiger partial charge is 0.489 e.